The lowest BCUT2D eigenvalue weighted by molar-refractivity contribution is 0.0891. The third kappa shape index (κ3) is 22.2. The molecule has 0 aromatic heterocycles. The Balaban J connectivity index is 0.000000349. The van der Waals surface area contributed by atoms with Crippen LogP contribution in [0, 0.1) is 92.2 Å². The molecule has 0 N–H and O–H groups in total. The van der Waals surface area contributed by atoms with Crippen LogP contribution >= 0.6 is 0 Å². The minimum absolute atomic E-state index is 0.681. The highest BCUT2D eigenvalue weighted by Gasteiger charge is 2.35. The Labute approximate surface area is 396 Å². The van der Waals surface area contributed by atoms with Crippen molar-refractivity contribution in [3.63, 3.8) is 0 Å². The molecule has 0 nitrogen and oxygen atoms in total. The Morgan fingerprint density at radius 2 is 0.790 bits per heavy atom. The Bertz CT molecular complexity index is 1020. The smallest absolute Gasteiger partial charge is 0.0328 e. The summed E-state index contributed by atoms with van der Waals surface area (Å²) in [6.45, 7) is 49.0. The summed E-state index contributed by atoms with van der Waals surface area (Å²) in [5.41, 5.74) is 3.58. The SMILES string of the molecule is CC1CC(C)(C)C1.CC1CCC1(C)C.CC1C[C@H](C)C1C.CCC1(C)CCC1.CCC1(C)CCC1.CCC1CC(C)C1.CCC1CCC1.CCC1CC[C@@H]1C.C[C@H]1CCC1(C)C. The van der Waals surface area contributed by atoms with Crippen molar-refractivity contribution in [2.24, 2.45) is 92.2 Å². The Kier molecular flexibility index (Phi) is 27.5. The first-order valence-electron chi connectivity index (χ1n) is 28.7. The Morgan fingerprint density at radius 1 is 0.387 bits per heavy atom. The number of hydrogen-bond donors (Lipinski definition) is 0. The summed E-state index contributed by atoms with van der Waals surface area (Å²) in [6, 6.07) is 0. The summed E-state index contributed by atoms with van der Waals surface area (Å²) in [4.78, 5) is 0. The molecule has 9 rings (SSSR count). The fourth-order valence-corrected chi connectivity index (χ4v) is 11.1. The van der Waals surface area contributed by atoms with E-state index in [1.54, 1.807) is 0 Å². The topological polar surface area (TPSA) is 0 Å². The van der Waals surface area contributed by atoms with E-state index in [0.29, 0.717) is 16.2 Å². The van der Waals surface area contributed by atoms with Crippen molar-refractivity contribution in [3.05, 3.63) is 0 Å². The van der Waals surface area contributed by atoms with Crippen LogP contribution in [0.2, 0.25) is 0 Å². The molecule has 0 spiro atoms. The second kappa shape index (κ2) is 28.4. The minimum Gasteiger partial charge on any atom is -0.0651 e. The molecular weight excluding hydrogens is 745 g/mol. The fraction of sp³-hybridized carbons (Fsp3) is 1.00. The Hall–Kier alpha value is 0. The van der Waals surface area contributed by atoms with Gasteiger partial charge in [0.05, 0.1) is 0 Å². The third-order valence-electron chi connectivity index (χ3n) is 20.5. The second-order valence-corrected chi connectivity index (χ2v) is 27.4. The lowest BCUT2D eigenvalue weighted by Gasteiger charge is -2.42. The van der Waals surface area contributed by atoms with Gasteiger partial charge in [-0.15, -0.1) is 0 Å². The highest BCUT2D eigenvalue weighted by molar-refractivity contribution is 4.86. The lowest BCUT2D eigenvalue weighted by Crippen LogP contribution is -2.31. The minimum atomic E-state index is 0.681. The first-order chi connectivity index (χ1) is 28.7. The molecule has 0 aromatic rings. The summed E-state index contributed by atoms with van der Waals surface area (Å²) in [5.74, 6) is 11.4. The molecule has 0 radical (unpaired) electrons. The van der Waals surface area contributed by atoms with Crippen LogP contribution in [-0.4, -0.2) is 0 Å². The van der Waals surface area contributed by atoms with E-state index in [1.807, 2.05) is 0 Å². The zero-order valence-electron chi connectivity index (χ0n) is 47.5. The fourth-order valence-electron chi connectivity index (χ4n) is 11.1. The van der Waals surface area contributed by atoms with Gasteiger partial charge < -0.3 is 0 Å². The molecule has 7 atom stereocenters. The molecule has 9 fully saturated rings. The summed E-state index contributed by atoms with van der Waals surface area (Å²) >= 11 is 0. The standard InChI is InChI=1S/8C7H14.C6H12/c1-6-4-7(2,3)5-6;2*1-6-4-5-7(6,2)3;1-5-4-6(2)7(5)3;1-3-7-4-6(2)5-7;2*1-3-7(2)5-4-6-7;1-3-7-5-4-6(7)2;1-2-6-4-3-5-6/h3*6H,4-5H2,1-3H3;5-7H,4H2,1-3H3;6-7H,3-5H2,1-2H3;2*3-6H2,1-2H3;6-7H,3-5H2,1-2H3;6H,2-5H2,1H3/t;6-;;5-,6?,7?;;;;6-,7?;/m.0.0...0./s1. The van der Waals surface area contributed by atoms with Crippen molar-refractivity contribution in [2.75, 3.05) is 0 Å². The first kappa shape index (κ1) is 60.0. The van der Waals surface area contributed by atoms with Gasteiger partial charge in [0.15, 0.2) is 0 Å². The summed E-state index contributed by atoms with van der Waals surface area (Å²) in [5, 5.41) is 0. The average molecular weight is 870 g/mol. The van der Waals surface area contributed by atoms with Gasteiger partial charge in [0.25, 0.3) is 0 Å². The Morgan fingerprint density at radius 3 is 0.806 bits per heavy atom. The van der Waals surface area contributed by atoms with Gasteiger partial charge >= 0.3 is 0 Å². The van der Waals surface area contributed by atoms with Crippen LogP contribution in [0.1, 0.15) is 306 Å². The highest BCUT2D eigenvalue weighted by atomic mass is 14.4. The van der Waals surface area contributed by atoms with Gasteiger partial charge in [0.1, 0.15) is 0 Å². The van der Waals surface area contributed by atoms with E-state index in [1.165, 1.54) is 161 Å². The van der Waals surface area contributed by atoms with Crippen molar-refractivity contribution in [1.29, 1.82) is 0 Å². The van der Waals surface area contributed by atoms with Crippen LogP contribution in [0.25, 0.3) is 0 Å². The van der Waals surface area contributed by atoms with Crippen LogP contribution in [0.4, 0.5) is 0 Å². The highest BCUT2D eigenvalue weighted by Crippen LogP contribution is 2.47. The van der Waals surface area contributed by atoms with Crippen LogP contribution in [0.15, 0.2) is 0 Å². The van der Waals surface area contributed by atoms with E-state index in [0.717, 1.165) is 75.9 Å². The predicted molar refractivity (Wildman–Crippen MR) is 285 cm³/mol. The molecule has 0 aromatic carbocycles. The van der Waals surface area contributed by atoms with Crippen molar-refractivity contribution in [1.82, 2.24) is 0 Å². The van der Waals surface area contributed by atoms with Crippen molar-refractivity contribution in [3.8, 4) is 0 Å². The van der Waals surface area contributed by atoms with E-state index in [2.05, 4.69) is 145 Å². The molecule has 372 valence electrons. The summed E-state index contributed by atoms with van der Waals surface area (Å²) < 4.78 is 0. The summed E-state index contributed by atoms with van der Waals surface area (Å²) in [6.07, 6.45) is 36.5. The first-order valence-corrected chi connectivity index (χ1v) is 28.7. The zero-order valence-corrected chi connectivity index (χ0v) is 47.5. The van der Waals surface area contributed by atoms with Crippen molar-refractivity contribution >= 4 is 0 Å². The quantitative estimate of drug-likeness (QED) is 0.258. The molecule has 9 aliphatic carbocycles. The number of rotatable bonds is 5. The van der Waals surface area contributed by atoms with Gasteiger partial charge in [-0.05, 0) is 182 Å². The molecule has 0 saturated heterocycles. The van der Waals surface area contributed by atoms with Gasteiger partial charge in [-0.25, -0.2) is 0 Å². The maximum atomic E-state index is 2.39. The summed E-state index contributed by atoms with van der Waals surface area (Å²) in [7, 11) is 0. The molecule has 0 aliphatic heterocycles. The van der Waals surface area contributed by atoms with E-state index in [-0.39, 0.29) is 0 Å². The maximum Gasteiger partial charge on any atom is -0.0328 e. The number of hydrogen-bond acceptors (Lipinski definition) is 0. The molecule has 9 saturated carbocycles. The molecule has 0 heterocycles. The van der Waals surface area contributed by atoms with Gasteiger partial charge in [0.2, 0.25) is 0 Å². The van der Waals surface area contributed by atoms with E-state index >= 15 is 0 Å². The normalized spacial score (nSPS) is 34.9. The molecule has 0 bridgehead atoms. The van der Waals surface area contributed by atoms with Crippen molar-refractivity contribution < 1.29 is 0 Å². The third-order valence-corrected chi connectivity index (χ3v) is 20.5. The van der Waals surface area contributed by atoms with Gasteiger partial charge in [-0.3, -0.25) is 0 Å². The molecule has 0 heteroatoms. The van der Waals surface area contributed by atoms with Crippen molar-refractivity contribution in [2.45, 2.75) is 306 Å². The van der Waals surface area contributed by atoms with Crippen LogP contribution in [0.3, 0.4) is 0 Å². The molecule has 4 unspecified atom stereocenters. The molecular formula is C62H124. The van der Waals surface area contributed by atoms with Gasteiger partial charge in [-0.2, -0.15) is 0 Å². The van der Waals surface area contributed by atoms with Crippen LogP contribution in [0.5, 0.6) is 0 Å². The average Bonchev–Trinajstić information content (AvgIpc) is 3.17. The van der Waals surface area contributed by atoms with E-state index < -0.39 is 0 Å². The molecule has 9 aliphatic rings. The van der Waals surface area contributed by atoms with Crippen LogP contribution < -0.4 is 0 Å². The van der Waals surface area contributed by atoms with E-state index in [9.17, 15) is 0 Å². The lowest BCUT2D eigenvalue weighted by atomic mass is 9.64. The van der Waals surface area contributed by atoms with E-state index in [4.69, 9.17) is 0 Å². The maximum absolute atomic E-state index is 2.39. The molecule has 62 heavy (non-hydrogen) atoms. The largest absolute Gasteiger partial charge is 0.0651 e. The second-order valence-electron chi connectivity index (χ2n) is 27.4. The monoisotopic (exact) mass is 869 g/mol. The van der Waals surface area contributed by atoms with Gasteiger partial charge in [-0.1, -0.05) is 216 Å². The zero-order chi connectivity index (χ0) is 47.5. The van der Waals surface area contributed by atoms with Crippen LogP contribution in [-0.2, 0) is 0 Å². The predicted octanol–water partition coefficient (Wildman–Crippen LogP) is 21.9. The van der Waals surface area contributed by atoms with Gasteiger partial charge in [0, 0.05) is 0 Å². The molecule has 0 amide bonds.